The van der Waals surface area contributed by atoms with Crippen LogP contribution in [-0.4, -0.2) is 25.4 Å². The van der Waals surface area contributed by atoms with Gasteiger partial charge in [0.1, 0.15) is 5.75 Å². The van der Waals surface area contributed by atoms with Crippen LogP contribution in [0.25, 0.3) is 0 Å². The van der Waals surface area contributed by atoms with Crippen molar-refractivity contribution in [1.29, 1.82) is 5.26 Å². The van der Waals surface area contributed by atoms with Crippen molar-refractivity contribution in [2.45, 2.75) is 31.6 Å². The predicted molar refractivity (Wildman–Crippen MR) is 115 cm³/mol. The Morgan fingerprint density at radius 1 is 1.06 bits per heavy atom. The maximum Gasteiger partial charge on any atom is 0.231 e. The van der Waals surface area contributed by atoms with E-state index in [4.69, 9.17) is 19.2 Å². The molecule has 0 fully saturated rings. The number of ketones is 1. The molecule has 5 rings (SSSR count). The minimum Gasteiger partial charge on any atom is -0.497 e. The van der Waals surface area contributed by atoms with Gasteiger partial charge >= 0.3 is 0 Å². The predicted octanol–water partition coefficient (Wildman–Crippen LogP) is 4.52. The maximum absolute atomic E-state index is 13.4. The van der Waals surface area contributed by atoms with E-state index >= 15 is 0 Å². The zero-order chi connectivity index (χ0) is 21.5. The van der Waals surface area contributed by atoms with Gasteiger partial charge in [-0.3, -0.25) is 9.79 Å². The molecule has 0 amide bonds. The molecule has 0 bridgehead atoms. The van der Waals surface area contributed by atoms with Crippen LogP contribution in [0.1, 0.15) is 42.7 Å². The van der Waals surface area contributed by atoms with Crippen molar-refractivity contribution in [3.8, 4) is 23.3 Å². The second-order valence-electron chi connectivity index (χ2n) is 8.11. The average molecular weight is 414 g/mol. The molecule has 156 valence electrons. The molecule has 2 heterocycles. The average Bonchev–Trinajstić information content (AvgIpc) is 3.26. The van der Waals surface area contributed by atoms with Gasteiger partial charge in [0.05, 0.1) is 19.1 Å². The highest BCUT2D eigenvalue weighted by Crippen LogP contribution is 2.48. The van der Waals surface area contributed by atoms with Crippen LogP contribution >= 0.6 is 0 Å². The van der Waals surface area contributed by atoms with Crippen LogP contribution in [-0.2, 0) is 4.79 Å². The highest BCUT2D eigenvalue weighted by molar-refractivity contribution is 6.03. The quantitative estimate of drug-likeness (QED) is 0.737. The molecule has 6 heteroatoms. The van der Waals surface area contributed by atoms with Crippen molar-refractivity contribution in [1.82, 2.24) is 0 Å². The molecule has 3 atom stereocenters. The second kappa shape index (κ2) is 7.59. The molecule has 1 unspecified atom stereocenters. The summed E-state index contributed by atoms with van der Waals surface area (Å²) in [4.78, 5) is 18.1. The lowest BCUT2D eigenvalue weighted by molar-refractivity contribution is -0.116. The van der Waals surface area contributed by atoms with Crippen molar-refractivity contribution in [2.75, 3.05) is 13.9 Å². The third-order valence-electron chi connectivity index (χ3n) is 6.37. The van der Waals surface area contributed by atoms with E-state index < -0.39 is 5.92 Å². The summed E-state index contributed by atoms with van der Waals surface area (Å²) in [7, 11) is 1.64. The van der Waals surface area contributed by atoms with E-state index in [1.165, 1.54) is 0 Å². The number of rotatable bonds is 3. The number of carbonyl (C=O) groups excluding carboxylic acids is 1. The van der Waals surface area contributed by atoms with Crippen LogP contribution in [0.5, 0.6) is 17.2 Å². The smallest absolute Gasteiger partial charge is 0.231 e. The van der Waals surface area contributed by atoms with Crippen LogP contribution in [0.2, 0.25) is 0 Å². The van der Waals surface area contributed by atoms with Gasteiger partial charge in [-0.25, -0.2) is 0 Å². The Labute approximate surface area is 180 Å². The van der Waals surface area contributed by atoms with Gasteiger partial charge in [0.25, 0.3) is 0 Å². The van der Waals surface area contributed by atoms with E-state index in [-0.39, 0.29) is 24.4 Å². The lowest BCUT2D eigenvalue weighted by Gasteiger charge is -2.35. The zero-order valence-corrected chi connectivity index (χ0v) is 17.4. The van der Waals surface area contributed by atoms with Crippen LogP contribution in [0.3, 0.4) is 0 Å². The number of benzene rings is 2. The number of nitrogens with zero attached hydrogens (tertiary/aromatic N) is 2. The first kappa shape index (κ1) is 19.4. The number of nitriles is 1. The minimum absolute atomic E-state index is 0.0567. The second-order valence-corrected chi connectivity index (χ2v) is 8.11. The first-order chi connectivity index (χ1) is 15.1. The van der Waals surface area contributed by atoms with E-state index in [0.717, 1.165) is 28.3 Å². The van der Waals surface area contributed by atoms with E-state index in [1.807, 2.05) is 49.4 Å². The number of carbonyl (C=O) groups is 1. The molecule has 6 nitrogen and oxygen atoms in total. The number of fused-ring (bicyclic) bond motifs is 1. The van der Waals surface area contributed by atoms with Crippen LogP contribution in [0, 0.1) is 17.2 Å². The SMILES string of the molecule is COc1ccc([C@H]2CC(=O)C3=C(C2)N=C(C)C(C#N)[C@H]3c2ccc3c(c2)OCO3)cc1. The largest absolute Gasteiger partial charge is 0.497 e. The number of Topliss-reactive ketones (excluding diaryl/α,β-unsaturated/α-hetero) is 1. The summed E-state index contributed by atoms with van der Waals surface area (Å²) in [5.74, 6) is 1.40. The van der Waals surface area contributed by atoms with Crippen LogP contribution in [0.4, 0.5) is 0 Å². The Kier molecular flexibility index (Phi) is 4.74. The summed E-state index contributed by atoms with van der Waals surface area (Å²) in [5, 5.41) is 9.91. The molecule has 2 aliphatic heterocycles. The fraction of sp³-hybridized carbons (Fsp3) is 0.320. The monoisotopic (exact) mass is 414 g/mol. The fourth-order valence-electron chi connectivity index (χ4n) is 4.80. The molecule has 3 aliphatic rings. The number of methoxy groups -OCH3 is 1. The molecular weight excluding hydrogens is 392 g/mol. The molecule has 0 saturated heterocycles. The highest BCUT2D eigenvalue weighted by atomic mass is 16.7. The van der Waals surface area contributed by atoms with Crippen LogP contribution in [0.15, 0.2) is 58.7 Å². The summed E-state index contributed by atoms with van der Waals surface area (Å²) in [6.07, 6.45) is 1.07. The van der Waals surface area contributed by atoms with Gasteiger partial charge in [-0.2, -0.15) is 5.26 Å². The molecule has 0 spiro atoms. The first-order valence-electron chi connectivity index (χ1n) is 10.3. The minimum atomic E-state index is -0.486. The zero-order valence-electron chi connectivity index (χ0n) is 17.4. The van der Waals surface area contributed by atoms with Crippen molar-refractivity contribution >= 4 is 11.5 Å². The molecule has 1 aliphatic carbocycles. The molecule has 2 aromatic carbocycles. The number of aliphatic imine (C=N–C) groups is 1. The Balaban J connectivity index is 1.55. The Morgan fingerprint density at radius 3 is 2.55 bits per heavy atom. The Hall–Kier alpha value is -3.59. The topological polar surface area (TPSA) is 80.9 Å². The van der Waals surface area contributed by atoms with Crippen LogP contribution < -0.4 is 14.2 Å². The molecule has 31 heavy (non-hydrogen) atoms. The van der Waals surface area contributed by atoms with Crippen molar-refractivity contribution in [3.05, 3.63) is 64.9 Å². The lowest BCUT2D eigenvalue weighted by Crippen LogP contribution is -2.32. The van der Waals surface area contributed by atoms with Gasteiger partial charge in [0.15, 0.2) is 17.3 Å². The summed E-state index contributed by atoms with van der Waals surface area (Å²) in [6, 6.07) is 15.9. The molecular formula is C25H22N2O4. The number of ether oxygens (including phenoxy) is 3. The van der Waals surface area contributed by atoms with Gasteiger partial charge in [-0.05, 0) is 54.7 Å². The Morgan fingerprint density at radius 2 is 1.81 bits per heavy atom. The van der Waals surface area contributed by atoms with E-state index in [1.54, 1.807) is 7.11 Å². The molecule has 0 radical (unpaired) electrons. The normalized spacial score (nSPS) is 24.4. The molecule has 2 aromatic rings. The molecule has 0 saturated carbocycles. The van der Waals surface area contributed by atoms with E-state index in [9.17, 15) is 10.1 Å². The van der Waals surface area contributed by atoms with E-state index in [2.05, 4.69) is 6.07 Å². The van der Waals surface area contributed by atoms with Crippen molar-refractivity contribution < 1.29 is 19.0 Å². The summed E-state index contributed by atoms with van der Waals surface area (Å²) in [5.41, 5.74) is 4.18. The number of hydrogen-bond donors (Lipinski definition) is 0. The van der Waals surface area contributed by atoms with Gasteiger partial charge in [0, 0.05) is 29.3 Å². The molecule has 0 aromatic heterocycles. The third kappa shape index (κ3) is 3.27. The summed E-state index contributed by atoms with van der Waals surface area (Å²) >= 11 is 0. The fourth-order valence-corrected chi connectivity index (χ4v) is 4.80. The van der Waals surface area contributed by atoms with Crippen molar-refractivity contribution in [3.63, 3.8) is 0 Å². The van der Waals surface area contributed by atoms with Crippen molar-refractivity contribution in [2.24, 2.45) is 10.9 Å². The third-order valence-corrected chi connectivity index (χ3v) is 6.37. The summed E-state index contributed by atoms with van der Waals surface area (Å²) < 4.78 is 16.2. The standard InChI is InChI=1S/C25H22N2O4/c1-14-19(12-26)24(16-5-8-22-23(11-16)31-13-30-22)25-20(27-14)9-17(10-21(25)28)15-3-6-18(29-2)7-4-15/h3-8,11,17,19,24H,9-10,13H2,1-2H3/t17-,19?,24-/m1/s1. The van der Waals surface area contributed by atoms with Gasteiger partial charge < -0.3 is 14.2 Å². The highest BCUT2D eigenvalue weighted by Gasteiger charge is 2.41. The molecule has 0 N–H and O–H groups in total. The van der Waals surface area contributed by atoms with E-state index in [0.29, 0.717) is 29.9 Å². The van der Waals surface area contributed by atoms with Gasteiger partial charge in [0.2, 0.25) is 6.79 Å². The lowest BCUT2D eigenvalue weighted by atomic mass is 9.69. The number of allylic oxidation sites excluding steroid dienone is 2. The number of hydrogen-bond acceptors (Lipinski definition) is 6. The Bertz CT molecular complexity index is 1160. The van der Waals surface area contributed by atoms with Gasteiger partial charge in [-0.1, -0.05) is 18.2 Å². The summed E-state index contributed by atoms with van der Waals surface area (Å²) in [6.45, 7) is 2.06. The first-order valence-corrected chi connectivity index (χ1v) is 10.3. The van der Waals surface area contributed by atoms with Gasteiger partial charge in [-0.15, -0.1) is 0 Å². The maximum atomic E-state index is 13.4.